The first-order valence-electron chi connectivity index (χ1n) is 11.6. The van der Waals surface area contributed by atoms with Crippen LogP contribution in [0.4, 0.5) is 4.39 Å². The van der Waals surface area contributed by atoms with Crippen molar-refractivity contribution in [3.05, 3.63) is 53.1 Å². The van der Waals surface area contributed by atoms with Gasteiger partial charge in [0.15, 0.2) is 5.65 Å². The van der Waals surface area contributed by atoms with Gasteiger partial charge in [0.25, 0.3) is 0 Å². The molecule has 2 aromatic heterocycles. The molecular formula is C26H30FN3O4. The first kappa shape index (κ1) is 24.0. The molecule has 0 unspecified atom stereocenters. The third-order valence-electron chi connectivity index (χ3n) is 6.12. The number of halogens is 1. The van der Waals surface area contributed by atoms with Gasteiger partial charge in [0, 0.05) is 30.5 Å². The Balaban J connectivity index is 1.89. The summed E-state index contributed by atoms with van der Waals surface area (Å²) < 4.78 is 15.6. The lowest BCUT2D eigenvalue weighted by Gasteiger charge is -2.17. The molecule has 1 aliphatic rings. The highest BCUT2D eigenvalue weighted by Crippen LogP contribution is 2.46. The number of aryl methyl sites for hydroxylation is 1. The number of carbonyl (C=O) groups is 1. The number of hydrogen-bond acceptors (Lipinski definition) is 5. The molecule has 7 nitrogen and oxygen atoms in total. The molecule has 0 amide bonds. The molecule has 0 bridgehead atoms. The van der Waals surface area contributed by atoms with Gasteiger partial charge in [-0.15, -0.1) is 0 Å². The highest BCUT2D eigenvalue weighted by atomic mass is 19.1. The molecule has 8 heteroatoms. The summed E-state index contributed by atoms with van der Waals surface area (Å²) in [6.45, 7) is 4.07. The fraction of sp³-hybridized carbons (Fsp3) is 0.423. The normalized spacial score (nSPS) is 16.0. The van der Waals surface area contributed by atoms with Gasteiger partial charge in [-0.05, 0) is 36.5 Å². The van der Waals surface area contributed by atoms with Crippen LogP contribution in [0.3, 0.4) is 0 Å². The summed E-state index contributed by atoms with van der Waals surface area (Å²) in [6.07, 6.45) is 2.74. The fourth-order valence-corrected chi connectivity index (χ4v) is 4.36. The molecule has 3 N–H and O–H groups in total. The van der Waals surface area contributed by atoms with Crippen LogP contribution in [0.15, 0.2) is 30.3 Å². The van der Waals surface area contributed by atoms with Crippen LogP contribution in [-0.2, 0) is 11.8 Å². The SMILES string of the molecule is CC(C)c1nc2c(c(C3CC3)nn2C)c(-c2ccc(F)cc2)c1/C=C/[C@@H](O)C[C@@H](O)CC(=O)O. The third-order valence-corrected chi connectivity index (χ3v) is 6.12. The number of nitrogens with zero attached hydrogens (tertiary/aromatic N) is 3. The highest BCUT2D eigenvalue weighted by Gasteiger charge is 2.32. The summed E-state index contributed by atoms with van der Waals surface area (Å²) in [7, 11) is 1.88. The van der Waals surface area contributed by atoms with Crippen LogP contribution in [0.25, 0.3) is 28.2 Å². The molecule has 1 aliphatic carbocycles. The van der Waals surface area contributed by atoms with Crippen LogP contribution in [0.2, 0.25) is 0 Å². The smallest absolute Gasteiger partial charge is 0.305 e. The minimum Gasteiger partial charge on any atom is -0.481 e. The molecule has 0 aliphatic heterocycles. The number of carboxylic acids is 1. The molecule has 2 heterocycles. The summed E-state index contributed by atoms with van der Waals surface area (Å²) in [5.41, 5.74) is 5.07. The Kier molecular flexibility index (Phi) is 6.81. The molecule has 1 fully saturated rings. The van der Waals surface area contributed by atoms with E-state index in [2.05, 4.69) is 0 Å². The number of benzene rings is 1. The summed E-state index contributed by atoms with van der Waals surface area (Å²) in [5, 5.41) is 34.9. The van der Waals surface area contributed by atoms with E-state index >= 15 is 0 Å². The van der Waals surface area contributed by atoms with E-state index in [1.807, 2.05) is 20.9 Å². The van der Waals surface area contributed by atoms with Crippen LogP contribution in [0.5, 0.6) is 0 Å². The minimum atomic E-state index is -1.15. The molecule has 34 heavy (non-hydrogen) atoms. The molecule has 180 valence electrons. The Bertz CT molecular complexity index is 1230. The second kappa shape index (κ2) is 9.64. The topological polar surface area (TPSA) is 108 Å². The average Bonchev–Trinajstić information content (AvgIpc) is 3.55. The second-order valence-electron chi connectivity index (χ2n) is 9.34. The summed E-state index contributed by atoms with van der Waals surface area (Å²) in [4.78, 5) is 15.8. The number of pyridine rings is 1. The van der Waals surface area contributed by atoms with Crippen molar-refractivity contribution in [1.82, 2.24) is 14.8 Å². The predicted octanol–water partition coefficient (Wildman–Crippen LogP) is 4.38. The zero-order valence-corrected chi connectivity index (χ0v) is 19.6. The quantitative estimate of drug-likeness (QED) is 0.431. The molecule has 4 rings (SSSR count). The predicted molar refractivity (Wildman–Crippen MR) is 128 cm³/mol. The average molecular weight is 468 g/mol. The van der Waals surface area contributed by atoms with E-state index in [4.69, 9.17) is 15.2 Å². The van der Waals surface area contributed by atoms with E-state index < -0.39 is 24.6 Å². The van der Waals surface area contributed by atoms with Crippen LogP contribution < -0.4 is 0 Å². The summed E-state index contributed by atoms with van der Waals surface area (Å²) in [5.74, 6) is -1.03. The van der Waals surface area contributed by atoms with E-state index in [0.717, 1.165) is 52.0 Å². The third kappa shape index (κ3) is 5.03. The summed E-state index contributed by atoms with van der Waals surface area (Å²) >= 11 is 0. The first-order chi connectivity index (χ1) is 16.2. The number of carboxylic acid groups (broad SMARTS) is 1. The van der Waals surface area contributed by atoms with Crippen LogP contribution in [0, 0.1) is 5.82 Å². The van der Waals surface area contributed by atoms with Crippen molar-refractivity contribution in [3.63, 3.8) is 0 Å². The van der Waals surface area contributed by atoms with Gasteiger partial charge in [-0.25, -0.2) is 9.37 Å². The van der Waals surface area contributed by atoms with Crippen molar-refractivity contribution in [1.29, 1.82) is 0 Å². The summed E-state index contributed by atoms with van der Waals surface area (Å²) in [6, 6.07) is 6.33. The van der Waals surface area contributed by atoms with E-state index in [1.165, 1.54) is 12.1 Å². The van der Waals surface area contributed by atoms with Crippen molar-refractivity contribution in [3.8, 4) is 11.1 Å². The Morgan fingerprint density at radius 2 is 1.91 bits per heavy atom. The highest BCUT2D eigenvalue weighted by molar-refractivity contribution is 6.00. The van der Waals surface area contributed by atoms with Crippen LogP contribution in [-0.4, -0.2) is 48.3 Å². The number of aromatic nitrogens is 3. The minimum absolute atomic E-state index is 0.0530. The zero-order chi connectivity index (χ0) is 24.6. The molecule has 2 atom stereocenters. The monoisotopic (exact) mass is 467 g/mol. The van der Waals surface area contributed by atoms with Crippen LogP contribution in [0.1, 0.15) is 68.3 Å². The van der Waals surface area contributed by atoms with Gasteiger partial charge in [0.05, 0.1) is 35.4 Å². The van der Waals surface area contributed by atoms with Gasteiger partial charge in [-0.1, -0.05) is 38.1 Å². The van der Waals surface area contributed by atoms with Gasteiger partial charge in [0.1, 0.15) is 5.82 Å². The maximum atomic E-state index is 13.8. The lowest BCUT2D eigenvalue weighted by molar-refractivity contribution is -0.139. The molecule has 0 radical (unpaired) electrons. The van der Waals surface area contributed by atoms with E-state index in [0.29, 0.717) is 5.92 Å². The fourth-order valence-electron chi connectivity index (χ4n) is 4.36. The Hall–Kier alpha value is -3.10. The van der Waals surface area contributed by atoms with Crippen molar-refractivity contribution < 1.29 is 24.5 Å². The maximum absolute atomic E-state index is 13.8. The van der Waals surface area contributed by atoms with E-state index in [1.54, 1.807) is 29.0 Å². The molecular weight excluding hydrogens is 437 g/mol. The van der Waals surface area contributed by atoms with Gasteiger partial charge in [-0.3, -0.25) is 9.48 Å². The molecule has 3 aromatic rings. The van der Waals surface area contributed by atoms with Crippen molar-refractivity contribution in [2.45, 2.75) is 63.6 Å². The Morgan fingerprint density at radius 3 is 2.50 bits per heavy atom. The molecule has 1 aromatic carbocycles. The maximum Gasteiger partial charge on any atom is 0.305 e. The largest absolute Gasteiger partial charge is 0.481 e. The number of aliphatic hydroxyl groups is 2. The van der Waals surface area contributed by atoms with Gasteiger partial charge < -0.3 is 15.3 Å². The molecule has 1 saturated carbocycles. The number of hydrogen-bond donors (Lipinski definition) is 3. The number of rotatable bonds is 9. The Morgan fingerprint density at radius 1 is 1.24 bits per heavy atom. The van der Waals surface area contributed by atoms with Gasteiger partial charge >= 0.3 is 5.97 Å². The van der Waals surface area contributed by atoms with E-state index in [9.17, 15) is 19.4 Å². The number of aliphatic carboxylic acids is 1. The standard InChI is InChI=1S/C26H30FN3O4/c1-14(2)24-20(11-10-18(31)12-19(32)13-21(33)34)22(15-6-8-17(27)9-7-15)23-25(16-4-5-16)29-30(3)26(23)28-24/h6-11,14,16,18-19,31-32H,4-5,12-13H2,1-3H3,(H,33,34)/b11-10+/t18-,19-/m1/s1. The van der Waals surface area contributed by atoms with Gasteiger partial charge in [0.2, 0.25) is 0 Å². The Labute approximate surface area is 197 Å². The number of aliphatic hydroxyl groups excluding tert-OH is 2. The van der Waals surface area contributed by atoms with Crippen molar-refractivity contribution in [2.24, 2.45) is 7.05 Å². The number of fused-ring (bicyclic) bond motifs is 1. The first-order valence-corrected chi connectivity index (χ1v) is 11.6. The molecule has 0 saturated heterocycles. The van der Waals surface area contributed by atoms with Crippen molar-refractivity contribution in [2.75, 3.05) is 0 Å². The zero-order valence-electron chi connectivity index (χ0n) is 19.6. The lowest BCUT2D eigenvalue weighted by Crippen LogP contribution is -2.19. The van der Waals surface area contributed by atoms with Crippen molar-refractivity contribution >= 4 is 23.1 Å². The van der Waals surface area contributed by atoms with Gasteiger partial charge in [-0.2, -0.15) is 5.10 Å². The van der Waals surface area contributed by atoms with E-state index in [-0.39, 0.29) is 18.2 Å². The molecule has 0 spiro atoms. The van der Waals surface area contributed by atoms with Crippen LogP contribution >= 0.6 is 0 Å². The second-order valence-corrected chi connectivity index (χ2v) is 9.34. The lowest BCUT2D eigenvalue weighted by atomic mass is 9.90.